The van der Waals surface area contributed by atoms with Crippen molar-refractivity contribution < 1.29 is 8.78 Å². The number of benzene rings is 7. The molecule has 0 aliphatic rings. The van der Waals surface area contributed by atoms with E-state index in [1.54, 1.807) is 12.1 Å². The van der Waals surface area contributed by atoms with Crippen LogP contribution in [-0.4, -0.2) is 4.40 Å². The molecular formula is C42H27F2N3. The van der Waals surface area contributed by atoms with Crippen LogP contribution in [0.5, 0.6) is 0 Å². The molecule has 9 rings (SSSR count). The molecule has 0 atom stereocenters. The molecule has 0 spiro atoms. The Morgan fingerprint density at radius 3 is 1.19 bits per heavy atom. The normalized spacial score (nSPS) is 11.6. The highest BCUT2D eigenvalue weighted by Gasteiger charge is 2.26. The molecule has 224 valence electrons. The second-order valence-corrected chi connectivity index (χ2v) is 11.6. The Kier molecular flexibility index (Phi) is 6.18. The zero-order chi connectivity index (χ0) is 31.5. The highest BCUT2D eigenvalue weighted by atomic mass is 19.1. The fourth-order valence-corrected chi connectivity index (χ4v) is 7.15. The summed E-state index contributed by atoms with van der Waals surface area (Å²) in [4.78, 5) is 4.00. The largest absolute Gasteiger partial charge is 0.308 e. The molecule has 0 N–H and O–H groups in total. The molecule has 5 heteroatoms. The van der Waals surface area contributed by atoms with Crippen LogP contribution in [0.4, 0.5) is 42.9 Å². The summed E-state index contributed by atoms with van der Waals surface area (Å²) < 4.78 is 33.4. The molecule has 0 unspecified atom stereocenters. The van der Waals surface area contributed by atoms with Gasteiger partial charge < -0.3 is 14.2 Å². The number of aromatic nitrogens is 1. The average molecular weight is 612 g/mol. The highest BCUT2D eigenvalue weighted by molar-refractivity contribution is 6.28. The van der Waals surface area contributed by atoms with Gasteiger partial charge in [0.25, 0.3) is 0 Å². The molecule has 2 heterocycles. The second kappa shape index (κ2) is 10.7. The van der Waals surface area contributed by atoms with Crippen molar-refractivity contribution in [3.63, 3.8) is 0 Å². The van der Waals surface area contributed by atoms with Crippen molar-refractivity contribution in [2.24, 2.45) is 0 Å². The van der Waals surface area contributed by atoms with Crippen molar-refractivity contribution in [1.82, 2.24) is 4.40 Å². The Labute approximate surface area is 270 Å². The maximum Gasteiger partial charge on any atom is 0.147 e. The molecule has 0 bridgehead atoms. The average Bonchev–Trinajstić information content (AvgIpc) is 3.65. The van der Waals surface area contributed by atoms with Crippen LogP contribution in [0.1, 0.15) is 0 Å². The molecule has 0 aliphatic heterocycles. The molecule has 2 aromatic heterocycles. The first-order valence-electron chi connectivity index (χ1n) is 15.6. The predicted octanol–water partition coefficient (Wildman–Crippen LogP) is 12.1. The van der Waals surface area contributed by atoms with Gasteiger partial charge in [-0.2, -0.15) is 0 Å². The van der Waals surface area contributed by atoms with E-state index in [0.29, 0.717) is 11.4 Å². The van der Waals surface area contributed by atoms with E-state index in [9.17, 15) is 0 Å². The monoisotopic (exact) mass is 611 g/mol. The van der Waals surface area contributed by atoms with Crippen LogP contribution < -0.4 is 9.80 Å². The van der Waals surface area contributed by atoms with E-state index < -0.39 is 0 Å². The van der Waals surface area contributed by atoms with Crippen LogP contribution in [0.3, 0.4) is 0 Å². The lowest BCUT2D eigenvalue weighted by atomic mass is 10.0. The Morgan fingerprint density at radius 2 is 0.745 bits per heavy atom. The maximum absolute atomic E-state index is 15.6. The van der Waals surface area contributed by atoms with Crippen LogP contribution in [-0.2, 0) is 0 Å². The zero-order valence-corrected chi connectivity index (χ0v) is 25.2. The summed E-state index contributed by atoms with van der Waals surface area (Å²) in [6, 6.07) is 52.5. The van der Waals surface area contributed by atoms with Gasteiger partial charge in [0.15, 0.2) is 0 Å². The Hall–Kier alpha value is -6.20. The van der Waals surface area contributed by atoms with Crippen LogP contribution >= 0.6 is 0 Å². The lowest BCUT2D eigenvalue weighted by Crippen LogP contribution is -2.12. The van der Waals surface area contributed by atoms with Crippen molar-refractivity contribution in [3.8, 4) is 0 Å². The fourth-order valence-electron chi connectivity index (χ4n) is 7.15. The third-order valence-electron chi connectivity index (χ3n) is 9.02. The van der Waals surface area contributed by atoms with E-state index in [1.807, 2.05) is 107 Å². The van der Waals surface area contributed by atoms with Crippen LogP contribution in [0.15, 0.2) is 164 Å². The fraction of sp³-hybridized carbons (Fsp3) is 0. The molecule has 47 heavy (non-hydrogen) atoms. The first kappa shape index (κ1) is 27.1. The number of hydrogen-bond donors (Lipinski definition) is 0. The SMILES string of the molecule is Fc1ccccc1N(c1ccccc1)c1cccc2c1c1cccc3c4c(N(c5ccccc5)c5ccccc5F)cccc4n2c13. The van der Waals surface area contributed by atoms with E-state index in [2.05, 4.69) is 46.9 Å². The van der Waals surface area contributed by atoms with Gasteiger partial charge in [-0.05, 0) is 72.8 Å². The van der Waals surface area contributed by atoms with Gasteiger partial charge in [0.05, 0.1) is 39.3 Å². The summed E-state index contributed by atoms with van der Waals surface area (Å²) in [6.07, 6.45) is 0. The molecule has 0 amide bonds. The maximum atomic E-state index is 15.6. The second-order valence-electron chi connectivity index (χ2n) is 11.6. The third-order valence-corrected chi connectivity index (χ3v) is 9.02. The molecule has 9 aromatic rings. The zero-order valence-electron chi connectivity index (χ0n) is 25.2. The van der Waals surface area contributed by atoms with Gasteiger partial charge in [-0.3, -0.25) is 0 Å². The van der Waals surface area contributed by atoms with Crippen LogP contribution in [0.2, 0.25) is 0 Å². The topological polar surface area (TPSA) is 10.9 Å². The summed E-state index contributed by atoms with van der Waals surface area (Å²) in [5.74, 6) is -0.594. The molecule has 0 radical (unpaired) electrons. The summed E-state index contributed by atoms with van der Waals surface area (Å²) in [5, 5.41) is 4.18. The summed E-state index contributed by atoms with van der Waals surface area (Å²) >= 11 is 0. The lowest BCUT2D eigenvalue weighted by molar-refractivity contribution is 0.628. The lowest BCUT2D eigenvalue weighted by Gasteiger charge is -2.27. The van der Waals surface area contributed by atoms with Gasteiger partial charge in [0.1, 0.15) is 11.6 Å². The number of nitrogens with zero attached hydrogens (tertiary/aromatic N) is 3. The molecule has 0 saturated heterocycles. The van der Waals surface area contributed by atoms with Gasteiger partial charge in [-0.25, -0.2) is 8.78 Å². The number of hydrogen-bond acceptors (Lipinski definition) is 2. The first-order chi connectivity index (χ1) is 23.2. The van der Waals surface area contributed by atoms with E-state index in [4.69, 9.17) is 0 Å². The first-order valence-corrected chi connectivity index (χ1v) is 15.6. The Morgan fingerprint density at radius 1 is 0.362 bits per heavy atom. The number of fused-ring (bicyclic) bond motifs is 6. The van der Waals surface area contributed by atoms with Gasteiger partial charge in [0.2, 0.25) is 0 Å². The quantitative estimate of drug-likeness (QED) is 0.185. The van der Waals surface area contributed by atoms with Crippen molar-refractivity contribution in [2.75, 3.05) is 9.80 Å². The molecule has 3 nitrogen and oxygen atoms in total. The van der Waals surface area contributed by atoms with Crippen molar-refractivity contribution in [2.45, 2.75) is 0 Å². The number of rotatable bonds is 6. The minimum absolute atomic E-state index is 0.297. The van der Waals surface area contributed by atoms with E-state index in [-0.39, 0.29) is 11.6 Å². The van der Waals surface area contributed by atoms with Gasteiger partial charge in [0, 0.05) is 32.9 Å². The van der Waals surface area contributed by atoms with Crippen molar-refractivity contribution in [3.05, 3.63) is 175 Å². The minimum Gasteiger partial charge on any atom is -0.308 e. The molecule has 0 fully saturated rings. The van der Waals surface area contributed by atoms with Crippen molar-refractivity contribution >= 4 is 72.2 Å². The Balaban J connectivity index is 1.37. The molecule has 0 aliphatic carbocycles. The van der Waals surface area contributed by atoms with Crippen molar-refractivity contribution in [1.29, 1.82) is 0 Å². The minimum atomic E-state index is -0.297. The molecular weight excluding hydrogens is 584 g/mol. The summed E-state index contributed by atoms with van der Waals surface area (Å²) in [7, 11) is 0. The third kappa shape index (κ3) is 4.10. The van der Waals surface area contributed by atoms with E-state index in [1.165, 1.54) is 12.1 Å². The van der Waals surface area contributed by atoms with E-state index >= 15 is 8.78 Å². The number of halogens is 2. The highest BCUT2D eigenvalue weighted by Crippen LogP contribution is 2.49. The standard InChI is InChI=1S/C42H27F2N3/c43-32-20-7-9-22-34(32)45(28-14-3-1-4-15-28)36-24-12-26-38-40(36)30-18-11-19-31-41-37(25-13-27-39(41)47(38)42(30)31)46(29-16-5-2-6-17-29)35-23-10-8-21-33(35)44/h1-27H. The molecule has 0 saturated carbocycles. The van der Waals surface area contributed by atoms with Gasteiger partial charge in [-0.1, -0.05) is 91.0 Å². The Bertz CT molecular complexity index is 2390. The van der Waals surface area contributed by atoms with Crippen LogP contribution in [0.25, 0.3) is 38.1 Å². The number of para-hydroxylation sites is 5. The predicted molar refractivity (Wildman–Crippen MR) is 190 cm³/mol. The van der Waals surface area contributed by atoms with E-state index in [0.717, 1.165) is 60.8 Å². The smallest absolute Gasteiger partial charge is 0.147 e. The van der Waals surface area contributed by atoms with Gasteiger partial charge in [-0.15, -0.1) is 0 Å². The van der Waals surface area contributed by atoms with Crippen LogP contribution in [0, 0.1) is 11.6 Å². The summed E-state index contributed by atoms with van der Waals surface area (Å²) in [5.41, 5.74) is 7.55. The number of anilines is 6. The summed E-state index contributed by atoms with van der Waals surface area (Å²) in [6.45, 7) is 0. The van der Waals surface area contributed by atoms with Gasteiger partial charge >= 0.3 is 0 Å². The molecule has 7 aromatic carbocycles.